The minimum absolute atomic E-state index is 0.197. The molecule has 1 fully saturated rings. The zero-order valence-electron chi connectivity index (χ0n) is 13.7. The van der Waals surface area contributed by atoms with Gasteiger partial charge in [0.1, 0.15) is 5.82 Å². The predicted molar refractivity (Wildman–Crippen MR) is 86.5 cm³/mol. The summed E-state index contributed by atoms with van der Waals surface area (Å²) in [5, 5.41) is 5.72. The van der Waals surface area contributed by atoms with Gasteiger partial charge in [-0.25, -0.2) is 4.98 Å². The van der Waals surface area contributed by atoms with Crippen LogP contribution in [0, 0.1) is 0 Å². The first-order valence-corrected chi connectivity index (χ1v) is 7.98. The van der Waals surface area contributed by atoms with Crippen LogP contribution in [-0.4, -0.2) is 33.8 Å². The molecule has 1 aliphatic heterocycles. The Kier molecular flexibility index (Phi) is 4.65. The van der Waals surface area contributed by atoms with E-state index in [2.05, 4.69) is 20.3 Å². The van der Waals surface area contributed by atoms with E-state index < -0.39 is 23.3 Å². The zero-order chi connectivity index (χ0) is 18.0. The summed E-state index contributed by atoms with van der Waals surface area (Å²) in [6, 6.07) is 3.40. The molecule has 25 heavy (non-hydrogen) atoms. The van der Waals surface area contributed by atoms with Crippen molar-refractivity contribution in [3.63, 3.8) is 0 Å². The standard InChI is InChI=1S/C16H18F3N5O/c1-23-10-12(14(22-23)16(17,18)19)15(25)21-13-6-5-11(9-20-13)24-7-3-2-4-8-24/h5-6,9-10H,2-4,7-8H2,1H3,(H,20,21,25). The van der Waals surface area contributed by atoms with Crippen molar-refractivity contribution in [1.29, 1.82) is 0 Å². The number of hydrogen-bond donors (Lipinski definition) is 1. The first-order valence-electron chi connectivity index (χ1n) is 7.98. The van der Waals surface area contributed by atoms with Crippen LogP contribution in [0.1, 0.15) is 35.3 Å². The van der Waals surface area contributed by atoms with Crippen LogP contribution in [0.15, 0.2) is 24.5 Å². The number of halogens is 3. The molecule has 1 N–H and O–H groups in total. The van der Waals surface area contributed by atoms with Gasteiger partial charge in [-0.05, 0) is 31.4 Å². The van der Waals surface area contributed by atoms with Crippen molar-refractivity contribution >= 4 is 17.4 Å². The number of carbonyl (C=O) groups excluding carboxylic acids is 1. The summed E-state index contributed by atoms with van der Waals surface area (Å²) in [6.07, 6.45) is 1.43. The third-order valence-electron chi connectivity index (χ3n) is 4.05. The molecule has 1 amide bonds. The number of nitrogens with zero attached hydrogens (tertiary/aromatic N) is 4. The van der Waals surface area contributed by atoms with E-state index in [9.17, 15) is 18.0 Å². The molecule has 0 unspecified atom stereocenters. The Morgan fingerprint density at radius 2 is 1.92 bits per heavy atom. The first-order chi connectivity index (χ1) is 11.8. The largest absolute Gasteiger partial charge is 0.435 e. The average Bonchev–Trinajstić information content (AvgIpc) is 2.99. The third-order valence-corrected chi connectivity index (χ3v) is 4.05. The minimum Gasteiger partial charge on any atom is -0.370 e. The van der Waals surface area contributed by atoms with Gasteiger partial charge in [-0.15, -0.1) is 0 Å². The SMILES string of the molecule is Cn1cc(C(=O)Nc2ccc(N3CCCCC3)cn2)c(C(F)(F)F)n1. The quantitative estimate of drug-likeness (QED) is 0.921. The lowest BCUT2D eigenvalue weighted by molar-refractivity contribution is -0.141. The van der Waals surface area contributed by atoms with Gasteiger partial charge in [-0.2, -0.15) is 18.3 Å². The topological polar surface area (TPSA) is 63.1 Å². The van der Waals surface area contributed by atoms with Crippen LogP contribution in [0.5, 0.6) is 0 Å². The molecule has 1 aliphatic rings. The van der Waals surface area contributed by atoms with Gasteiger partial charge in [0.15, 0.2) is 5.69 Å². The van der Waals surface area contributed by atoms with Gasteiger partial charge in [0.25, 0.3) is 5.91 Å². The molecule has 134 valence electrons. The van der Waals surface area contributed by atoms with Crippen molar-refractivity contribution in [1.82, 2.24) is 14.8 Å². The predicted octanol–water partition coefficient (Wildman–Crippen LogP) is 3.08. The molecular weight excluding hydrogens is 335 g/mol. The van der Waals surface area contributed by atoms with Crippen LogP contribution >= 0.6 is 0 Å². The second-order valence-electron chi connectivity index (χ2n) is 5.97. The van der Waals surface area contributed by atoms with Crippen LogP contribution in [-0.2, 0) is 13.2 Å². The summed E-state index contributed by atoms with van der Waals surface area (Å²) < 4.78 is 39.8. The molecule has 2 aromatic heterocycles. The highest BCUT2D eigenvalue weighted by Gasteiger charge is 2.39. The molecule has 2 aromatic rings. The summed E-state index contributed by atoms with van der Waals surface area (Å²) in [5.41, 5.74) is -0.801. The van der Waals surface area contributed by atoms with Gasteiger partial charge in [0, 0.05) is 26.3 Å². The number of aromatic nitrogens is 3. The molecule has 6 nitrogen and oxygen atoms in total. The van der Waals surface area contributed by atoms with Crippen molar-refractivity contribution < 1.29 is 18.0 Å². The number of amides is 1. The second-order valence-corrected chi connectivity index (χ2v) is 5.97. The van der Waals surface area contributed by atoms with Crippen molar-refractivity contribution in [2.45, 2.75) is 25.4 Å². The summed E-state index contributed by atoms with van der Waals surface area (Å²) in [6.45, 7) is 1.91. The monoisotopic (exact) mass is 353 g/mol. The summed E-state index contributed by atoms with van der Waals surface area (Å²) in [7, 11) is 1.33. The molecule has 0 aliphatic carbocycles. The average molecular weight is 353 g/mol. The van der Waals surface area contributed by atoms with Gasteiger partial charge in [0.05, 0.1) is 17.4 Å². The zero-order valence-corrected chi connectivity index (χ0v) is 13.7. The molecule has 0 atom stereocenters. The number of pyridine rings is 1. The highest BCUT2D eigenvalue weighted by Crippen LogP contribution is 2.31. The molecule has 3 rings (SSSR count). The number of aryl methyl sites for hydroxylation is 1. The highest BCUT2D eigenvalue weighted by molar-refractivity contribution is 6.04. The number of carbonyl (C=O) groups is 1. The van der Waals surface area contributed by atoms with Gasteiger partial charge in [-0.3, -0.25) is 9.48 Å². The maximum Gasteiger partial charge on any atom is 0.435 e. The van der Waals surface area contributed by atoms with Crippen molar-refractivity contribution in [3.8, 4) is 0 Å². The van der Waals surface area contributed by atoms with E-state index in [4.69, 9.17) is 0 Å². The second kappa shape index (κ2) is 6.73. The summed E-state index contributed by atoms with van der Waals surface area (Å²) in [5.74, 6) is -0.693. The van der Waals surface area contributed by atoms with Crippen LogP contribution in [0.2, 0.25) is 0 Å². The lowest BCUT2D eigenvalue weighted by Crippen LogP contribution is -2.29. The molecule has 0 bridgehead atoms. The smallest absolute Gasteiger partial charge is 0.370 e. The molecule has 9 heteroatoms. The minimum atomic E-state index is -4.69. The van der Waals surface area contributed by atoms with Crippen LogP contribution < -0.4 is 10.2 Å². The van der Waals surface area contributed by atoms with Crippen LogP contribution in [0.25, 0.3) is 0 Å². The highest BCUT2D eigenvalue weighted by atomic mass is 19.4. The van der Waals surface area contributed by atoms with E-state index in [-0.39, 0.29) is 5.82 Å². The van der Waals surface area contributed by atoms with E-state index in [0.29, 0.717) is 0 Å². The van der Waals surface area contributed by atoms with Crippen molar-refractivity contribution in [2.24, 2.45) is 7.05 Å². The van der Waals surface area contributed by atoms with Crippen molar-refractivity contribution in [3.05, 3.63) is 35.8 Å². The Morgan fingerprint density at radius 1 is 1.20 bits per heavy atom. The van der Waals surface area contributed by atoms with E-state index in [0.717, 1.165) is 42.5 Å². The fourth-order valence-electron chi connectivity index (χ4n) is 2.85. The van der Waals surface area contributed by atoms with E-state index in [1.807, 2.05) is 6.07 Å². The Labute approximate surface area is 142 Å². The van der Waals surface area contributed by atoms with E-state index >= 15 is 0 Å². The Bertz CT molecular complexity index is 748. The number of nitrogens with one attached hydrogen (secondary N) is 1. The maximum absolute atomic E-state index is 12.9. The first kappa shape index (κ1) is 17.2. The maximum atomic E-state index is 12.9. The Hall–Kier alpha value is -2.58. The molecular formula is C16H18F3N5O. The van der Waals surface area contributed by atoms with Crippen LogP contribution in [0.4, 0.5) is 24.7 Å². The third kappa shape index (κ3) is 3.92. The molecule has 3 heterocycles. The van der Waals surface area contributed by atoms with Gasteiger partial charge in [-0.1, -0.05) is 0 Å². The summed E-state index contributed by atoms with van der Waals surface area (Å²) in [4.78, 5) is 18.5. The molecule has 0 radical (unpaired) electrons. The fourth-order valence-corrected chi connectivity index (χ4v) is 2.85. The number of piperidine rings is 1. The lowest BCUT2D eigenvalue weighted by atomic mass is 10.1. The number of anilines is 2. The molecule has 0 aromatic carbocycles. The molecule has 0 saturated carbocycles. The Balaban J connectivity index is 1.73. The summed E-state index contributed by atoms with van der Waals surface area (Å²) >= 11 is 0. The fraction of sp³-hybridized carbons (Fsp3) is 0.438. The van der Waals surface area contributed by atoms with Gasteiger partial charge < -0.3 is 10.2 Å². The normalized spacial score (nSPS) is 15.3. The van der Waals surface area contributed by atoms with Gasteiger partial charge in [0.2, 0.25) is 0 Å². The van der Waals surface area contributed by atoms with E-state index in [1.165, 1.54) is 13.5 Å². The Morgan fingerprint density at radius 3 is 2.52 bits per heavy atom. The van der Waals surface area contributed by atoms with Crippen molar-refractivity contribution in [2.75, 3.05) is 23.3 Å². The number of alkyl halides is 3. The van der Waals surface area contributed by atoms with E-state index in [1.54, 1.807) is 12.3 Å². The van der Waals surface area contributed by atoms with Crippen LogP contribution in [0.3, 0.4) is 0 Å². The molecule has 1 saturated heterocycles. The number of hydrogen-bond acceptors (Lipinski definition) is 4. The lowest BCUT2D eigenvalue weighted by Gasteiger charge is -2.28. The molecule has 0 spiro atoms. The number of rotatable bonds is 3. The van der Waals surface area contributed by atoms with Gasteiger partial charge >= 0.3 is 6.18 Å².